The van der Waals surface area contributed by atoms with Gasteiger partial charge in [0.2, 0.25) is 0 Å². The van der Waals surface area contributed by atoms with E-state index in [2.05, 4.69) is 169 Å². The molecule has 6 nitrogen and oxygen atoms in total. The van der Waals surface area contributed by atoms with Crippen molar-refractivity contribution in [2.45, 2.75) is 52.4 Å². The molecular formula is C62H52N6. The molecule has 6 heteroatoms. The molecule has 0 N–H and O–H groups in total. The van der Waals surface area contributed by atoms with E-state index in [4.69, 9.17) is 29.9 Å². The van der Waals surface area contributed by atoms with Crippen LogP contribution < -0.4 is 0 Å². The van der Waals surface area contributed by atoms with Crippen LogP contribution in [0.15, 0.2) is 206 Å². The molecule has 10 rings (SSSR count). The van der Waals surface area contributed by atoms with E-state index in [0.29, 0.717) is 34.9 Å². The molecule has 68 heavy (non-hydrogen) atoms. The van der Waals surface area contributed by atoms with Crippen molar-refractivity contribution in [2.24, 2.45) is 0 Å². The van der Waals surface area contributed by atoms with E-state index in [1.807, 2.05) is 78.9 Å². The molecule has 0 amide bonds. The van der Waals surface area contributed by atoms with Crippen molar-refractivity contribution in [3.05, 3.63) is 217 Å². The van der Waals surface area contributed by atoms with Crippen molar-refractivity contribution in [1.29, 1.82) is 0 Å². The van der Waals surface area contributed by atoms with Crippen molar-refractivity contribution < 1.29 is 0 Å². The highest BCUT2D eigenvalue weighted by molar-refractivity contribution is 6.03. The van der Waals surface area contributed by atoms with Gasteiger partial charge < -0.3 is 0 Å². The predicted octanol–water partition coefficient (Wildman–Crippen LogP) is 15.7. The van der Waals surface area contributed by atoms with Gasteiger partial charge in [-0.25, -0.2) is 29.9 Å². The topological polar surface area (TPSA) is 77.3 Å². The van der Waals surface area contributed by atoms with Gasteiger partial charge in [-0.2, -0.15) is 0 Å². The Labute approximate surface area is 399 Å². The van der Waals surface area contributed by atoms with Crippen LogP contribution in [-0.4, -0.2) is 29.9 Å². The zero-order chi connectivity index (χ0) is 46.8. The molecule has 2 aromatic heterocycles. The molecular weight excluding hydrogens is 829 g/mol. The average molecular weight is 881 g/mol. The molecule has 0 saturated heterocycles. The summed E-state index contributed by atoms with van der Waals surface area (Å²) in [7, 11) is 0. The van der Waals surface area contributed by atoms with E-state index >= 15 is 0 Å². The SMILES string of the molecule is CC(C)(C)c1ccc(-c2nc(-c3ccccc3)nc(-c3ccccc3-c3ccc(-c4nc(-c5ccccc5)nc(-c5ccccc5)n4)c(-c4ccc(C(C)(C)C)cc4)c3-c3ccccc3)n2)cc1. The first-order chi connectivity index (χ1) is 33.0. The zero-order valence-corrected chi connectivity index (χ0v) is 39.3. The van der Waals surface area contributed by atoms with Crippen LogP contribution in [0.4, 0.5) is 0 Å². The summed E-state index contributed by atoms with van der Waals surface area (Å²) in [6, 6.07) is 71.5. The first-order valence-electron chi connectivity index (χ1n) is 23.2. The predicted molar refractivity (Wildman–Crippen MR) is 280 cm³/mol. The maximum Gasteiger partial charge on any atom is 0.164 e. The van der Waals surface area contributed by atoms with E-state index in [0.717, 1.165) is 66.8 Å². The Morgan fingerprint density at radius 3 is 0.912 bits per heavy atom. The standard InChI is InChI=1S/C62H52N6/c1-61(2,3)47-35-31-42(32-36-47)54-52(60-67-56(44-25-15-9-16-26-44)63-57(68-60)45-27-17-10-18-28-45)40-39-50(53(54)41-21-11-7-12-22-41)49-29-19-20-30-51(49)59-65-55(43-23-13-8-14-24-43)64-58(66-59)46-33-37-48(38-34-46)62(4,5)6/h7-40H,1-6H3. The minimum atomic E-state index is -0.0373. The van der Waals surface area contributed by atoms with Gasteiger partial charge in [0.1, 0.15) is 0 Å². The maximum atomic E-state index is 5.29. The summed E-state index contributed by atoms with van der Waals surface area (Å²) in [5.74, 6) is 3.59. The smallest absolute Gasteiger partial charge is 0.164 e. The lowest BCUT2D eigenvalue weighted by Crippen LogP contribution is -2.10. The molecule has 0 unspecified atom stereocenters. The second kappa shape index (κ2) is 18.2. The summed E-state index contributed by atoms with van der Waals surface area (Å²) in [5, 5.41) is 0. The van der Waals surface area contributed by atoms with E-state index in [1.54, 1.807) is 0 Å². The molecule has 330 valence electrons. The van der Waals surface area contributed by atoms with Crippen molar-refractivity contribution in [3.8, 4) is 102 Å². The van der Waals surface area contributed by atoms with Gasteiger partial charge in [-0.1, -0.05) is 242 Å². The highest BCUT2D eigenvalue weighted by atomic mass is 15.0. The van der Waals surface area contributed by atoms with Crippen LogP contribution in [0.25, 0.3) is 102 Å². The minimum Gasteiger partial charge on any atom is -0.208 e. The van der Waals surface area contributed by atoms with Crippen molar-refractivity contribution in [1.82, 2.24) is 29.9 Å². The molecule has 0 radical (unpaired) electrons. The molecule has 0 fully saturated rings. The lowest BCUT2D eigenvalue weighted by atomic mass is 9.81. The molecule has 0 spiro atoms. The summed E-state index contributed by atoms with van der Waals surface area (Å²) in [5.41, 5.74) is 14.0. The van der Waals surface area contributed by atoms with Gasteiger partial charge in [0.25, 0.3) is 0 Å². The summed E-state index contributed by atoms with van der Waals surface area (Å²) in [6.45, 7) is 13.4. The van der Waals surface area contributed by atoms with Gasteiger partial charge in [-0.3, -0.25) is 0 Å². The number of aromatic nitrogens is 6. The Morgan fingerprint density at radius 2 is 0.500 bits per heavy atom. The Morgan fingerprint density at radius 1 is 0.221 bits per heavy atom. The van der Waals surface area contributed by atoms with Gasteiger partial charge in [0.15, 0.2) is 34.9 Å². The lowest BCUT2D eigenvalue weighted by Gasteiger charge is -2.23. The van der Waals surface area contributed by atoms with Crippen LogP contribution >= 0.6 is 0 Å². The Kier molecular flexibility index (Phi) is 11.7. The van der Waals surface area contributed by atoms with Crippen molar-refractivity contribution in [2.75, 3.05) is 0 Å². The molecule has 0 aliphatic carbocycles. The number of hydrogen-bond donors (Lipinski definition) is 0. The monoisotopic (exact) mass is 880 g/mol. The average Bonchev–Trinajstić information content (AvgIpc) is 3.38. The van der Waals surface area contributed by atoms with Gasteiger partial charge in [0, 0.05) is 38.9 Å². The fourth-order valence-electron chi connectivity index (χ4n) is 8.66. The quantitative estimate of drug-likeness (QED) is 0.144. The first-order valence-corrected chi connectivity index (χ1v) is 23.2. The second-order valence-electron chi connectivity index (χ2n) is 19.2. The number of nitrogens with zero attached hydrogens (tertiary/aromatic N) is 6. The summed E-state index contributed by atoms with van der Waals surface area (Å²) < 4.78 is 0. The van der Waals surface area contributed by atoms with Crippen molar-refractivity contribution in [3.63, 3.8) is 0 Å². The van der Waals surface area contributed by atoms with Gasteiger partial charge in [0.05, 0.1) is 0 Å². The number of benzene rings is 8. The number of rotatable bonds is 9. The summed E-state index contributed by atoms with van der Waals surface area (Å²) in [4.78, 5) is 31.3. The molecule has 2 heterocycles. The summed E-state index contributed by atoms with van der Waals surface area (Å²) in [6.07, 6.45) is 0. The van der Waals surface area contributed by atoms with Crippen LogP contribution in [0, 0.1) is 0 Å². The van der Waals surface area contributed by atoms with Crippen LogP contribution in [0.5, 0.6) is 0 Å². The fraction of sp³-hybridized carbons (Fsp3) is 0.129. The number of hydrogen-bond acceptors (Lipinski definition) is 6. The molecule has 0 aliphatic rings. The van der Waals surface area contributed by atoms with E-state index < -0.39 is 0 Å². The lowest BCUT2D eigenvalue weighted by molar-refractivity contribution is 0.590. The van der Waals surface area contributed by atoms with Crippen LogP contribution in [0.3, 0.4) is 0 Å². The Bertz CT molecular complexity index is 3300. The van der Waals surface area contributed by atoms with Gasteiger partial charge in [-0.05, 0) is 55.8 Å². The second-order valence-corrected chi connectivity index (χ2v) is 19.2. The third-order valence-corrected chi connectivity index (χ3v) is 12.4. The van der Waals surface area contributed by atoms with Crippen LogP contribution in [-0.2, 0) is 10.8 Å². The molecule has 10 aromatic rings. The van der Waals surface area contributed by atoms with Gasteiger partial charge >= 0.3 is 0 Å². The molecule has 0 atom stereocenters. The molecule has 0 saturated carbocycles. The van der Waals surface area contributed by atoms with Crippen molar-refractivity contribution >= 4 is 0 Å². The zero-order valence-electron chi connectivity index (χ0n) is 39.3. The Balaban J connectivity index is 1.25. The third kappa shape index (κ3) is 9.01. The van der Waals surface area contributed by atoms with E-state index in [1.165, 1.54) is 11.1 Å². The highest BCUT2D eigenvalue weighted by Gasteiger charge is 2.25. The fourth-order valence-corrected chi connectivity index (χ4v) is 8.66. The third-order valence-electron chi connectivity index (χ3n) is 12.4. The van der Waals surface area contributed by atoms with Gasteiger partial charge in [-0.15, -0.1) is 0 Å². The molecule has 0 bridgehead atoms. The first kappa shape index (κ1) is 43.7. The molecule has 0 aliphatic heterocycles. The van der Waals surface area contributed by atoms with Crippen LogP contribution in [0.2, 0.25) is 0 Å². The van der Waals surface area contributed by atoms with E-state index in [9.17, 15) is 0 Å². The Hall–Kier alpha value is -8.22. The van der Waals surface area contributed by atoms with E-state index in [-0.39, 0.29) is 10.8 Å². The normalized spacial score (nSPS) is 11.7. The largest absolute Gasteiger partial charge is 0.208 e. The summed E-state index contributed by atoms with van der Waals surface area (Å²) >= 11 is 0. The minimum absolute atomic E-state index is 0.00825. The molecule has 8 aromatic carbocycles. The van der Waals surface area contributed by atoms with Crippen LogP contribution in [0.1, 0.15) is 52.7 Å². The highest BCUT2D eigenvalue weighted by Crippen LogP contribution is 2.47. The maximum absolute atomic E-state index is 5.29.